The minimum atomic E-state index is -3.77. The lowest BCUT2D eigenvalue weighted by Gasteiger charge is -2.32. The van der Waals surface area contributed by atoms with Gasteiger partial charge in [0.15, 0.2) is 0 Å². The molecule has 2 fully saturated rings. The molecule has 186 valence electrons. The second-order valence-electron chi connectivity index (χ2n) is 9.34. The summed E-state index contributed by atoms with van der Waals surface area (Å²) in [4.78, 5) is 14.8. The van der Waals surface area contributed by atoms with Crippen LogP contribution in [0.2, 0.25) is 10.0 Å². The minimum absolute atomic E-state index is 0.0831. The van der Waals surface area contributed by atoms with E-state index >= 15 is 0 Å². The molecule has 1 aromatic heterocycles. The van der Waals surface area contributed by atoms with Gasteiger partial charge in [-0.1, -0.05) is 23.2 Å². The fourth-order valence-corrected chi connectivity index (χ4v) is 6.56. The molecule has 0 spiro atoms. The van der Waals surface area contributed by atoms with Crippen LogP contribution in [-0.4, -0.2) is 47.3 Å². The highest BCUT2D eigenvalue weighted by Crippen LogP contribution is 2.31. The fourth-order valence-electron chi connectivity index (χ4n) is 4.69. The molecule has 0 bridgehead atoms. The molecule has 1 aliphatic heterocycles. The Hall–Kier alpha value is -2.20. The minimum Gasteiger partial charge on any atom is -0.299 e. The van der Waals surface area contributed by atoms with Crippen molar-refractivity contribution in [2.75, 3.05) is 13.1 Å². The van der Waals surface area contributed by atoms with E-state index < -0.39 is 27.0 Å². The van der Waals surface area contributed by atoms with Gasteiger partial charge in [-0.05, 0) is 62.4 Å². The quantitative estimate of drug-likeness (QED) is 0.484. The number of nitrogens with zero attached hydrogens (tertiary/aromatic N) is 3. The van der Waals surface area contributed by atoms with E-state index in [1.165, 1.54) is 12.1 Å². The molecule has 5 rings (SSSR count). The molecule has 1 saturated carbocycles. The number of sulfonamides is 1. The smallest absolute Gasteiger partial charge is 0.267 e. The lowest BCUT2D eigenvalue weighted by atomic mass is 10.0. The topological polar surface area (TPSA) is 84.3 Å². The van der Waals surface area contributed by atoms with Gasteiger partial charge in [0, 0.05) is 41.1 Å². The molecule has 1 amide bonds. The standard InChI is InChI=1S/C24H25Cl2FN4O3S/c1-14-20-11-21(24(32)29-35(33,34)19-2-3-19)22(27)12-23(20)31(28-14)18-4-6-30(7-5-18)13-15-8-16(25)10-17(26)9-15/h8-12,18-19H,2-7,13H2,1H3,(H,29,32). The Morgan fingerprint density at radius 1 is 1.09 bits per heavy atom. The molecule has 2 aromatic carbocycles. The van der Waals surface area contributed by atoms with Crippen molar-refractivity contribution in [3.8, 4) is 0 Å². The van der Waals surface area contributed by atoms with Crippen molar-refractivity contribution in [1.82, 2.24) is 19.4 Å². The molecule has 1 N–H and O–H groups in total. The highest BCUT2D eigenvalue weighted by Gasteiger charge is 2.37. The van der Waals surface area contributed by atoms with Gasteiger partial charge in [0.05, 0.1) is 28.1 Å². The number of fused-ring (bicyclic) bond motifs is 1. The number of hydrogen-bond acceptors (Lipinski definition) is 5. The lowest BCUT2D eigenvalue weighted by molar-refractivity contribution is 0.0977. The number of nitrogens with one attached hydrogen (secondary N) is 1. The monoisotopic (exact) mass is 538 g/mol. The van der Waals surface area contributed by atoms with Crippen molar-refractivity contribution in [2.24, 2.45) is 0 Å². The average Bonchev–Trinajstić information content (AvgIpc) is 3.59. The summed E-state index contributed by atoms with van der Waals surface area (Å²) >= 11 is 12.2. The van der Waals surface area contributed by atoms with Gasteiger partial charge < -0.3 is 0 Å². The van der Waals surface area contributed by atoms with Gasteiger partial charge in [-0.3, -0.25) is 14.4 Å². The van der Waals surface area contributed by atoms with E-state index in [-0.39, 0.29) is 11.6 Å². The zero-order valence-electron chi connectivity index (χ0n) is 19.1. The number of carbonyl (C=O) groups is 1. The summed E-state index contributed by atoms with van der Waals surface area (Å²) in [5.41, 5.74) is 2.02. The maximum atomic E-state index is 15.0. The number of amides is 1. The number of piperidine rings is 1. The number of aryl methyl sites for hydroxylation is 1. The maximum absolute atomic E-state index is 15.0. The molecule has 11 heteroatoms. The van der Waals surface area contributed by atoms with E-state index in [1.54, 1.807) is 13.0 Å². The molecule has 7 nitrogen and oxygen atoms in total. The highest BCUT2D eigenvalue weighted by molar-refractivity contribution is 7.91. The first-order valence-electron chi connectivity index (χ1n) is 11.5. The first-order chi connectivity index (χ1) is 16.6. The van der Waals surface area contributed by atoms with Crippen LogP contribution in [-0.2, 0) is 16.6 Å². The Morgan fingerprint density at radius 2 is 1.74 bits per heavy atom. The Labute approximate surface area is 213 Å². The van der Waals surface area contributed by atoms with Crippen LogP contribution < -0.4 is 4.72 Å². The van der Waals surface area contributed by atoms with Crippen molar-refractivity contribution < 1.29 is 17.6 Å². The van der Waals surface area contributed by atoms with Crippen molar-refractivity contribution in [2.45, 2.75) is 50.4 Å². The molecule has 1 saturated heterocycles. The first kappa shape index (κ1) is 24.5. The zero-order chi connectivity index (χ0) is 24.9. The molecule has 1 aliphatic carbocycles. The summed E-state index contributed by atoms with van der Waals surface area (Å²) in [5, 5.41) is 5.94. The van der Waals surface area contributed by atoms with Crippen molar-refractivity contribution >= 4 is 50.0 Å². The molecule has 0 unspecified atom stereocenters. The average molecular weight is 539 g/mol. The van der Waals surface area contributed by atoms with Crippen LogP contribution in [0.5, 0.6) is 0 Å². The van der Waals surface area contributed by atoms with Gasteiger partial charge in [-0.2, -0.15) is 5.10 Å². The van der Waals surface area contributed by atoms with Crippen molar-refractivity contribution in [1.29, 1.82) is 0 Å². The third-order valence-corrected chi connectivity index (χ3v) is 8.91. The number of rotatable bonds is 6. The fraction of sp³-hybridized carbons (Fsp3) is 0.417. The Balaban J connectivity index is 1.32. The van der Waals surface area contributed by atoms with Crippen LogP contribution >= 0.6 is 23.2 Å². The summed E-state index contributed by atoms with van der Waals surface area (Å²) in [6, 6.07) is 8.31. The molecule has 0 atom stereocenters. The second-order valence-corrected chi connectivity index (χ2v) is 12.2. The van der Waals surface area contributed by atoms with E-state index in [2.05, 4.69) is 10.00 Å². The SMILES string of the molecule is Cc1nn(C2CCN(Cc3cc(Cl)cc(Cl)c3)CC2)c2cc(F)c(C(=O)NS(=O)(=O)C3CC3)cc12. The number of benzene rings is 2. The van der Waals surface area contributed by atoms with Gasteiger partial charge in [0.25, 0.3) is 5.91 Å². The first-order valence-corrected chi connectivity index (χ1v) is 13.8. The van der Waals surface area contributed by atoms with Crippen LogP contribution in [0.3, 0.4) is 0 Å². The molecular formula is C24H25Cl2FN4O3S. The normalized spacial score (nSPS) is 17.7. The molecule has 0 radical (unpaired) electrons. The third-order valence-electron chi connectivity index (χ3n) is 6.65. The van der Waals surface area contributed by atoms with Crippen LogP contribution in [0, 0.1) is 12.7 Å². The third kappa shape index (κ3) is 5.18. The zero-order valence-corrected chi connectivity index (χ0v) is 21.4. The van der Waals surface area contributed by atoms with Crippen LogP contribution in [0.4, 0.5) is 4.39 Å². The highest BCUT2D eigenvalue weighted by atomic mass is 35.5. The van der Waals surface area contributed by atoms with Gasteiger partial charge in [0.1, 0.15) is 5.82 Å². The predicted molar refractivity (Wildman–Crippen MR) is 134 cm³/mol. The van der Waals surface area contributed by atoms with Gasteiger partial charge >= 0.3 is 0 Å². The predicted octanol–water partition coefficient (Wildman–Crippen LogP) is 4.85. The summed E-state index contributed by atoms with van der Waals surface area (Å²) < 4.78 is 43.0. The summed E-state index contributed by atoms with van der Waals surface area (Å²) in [6.45, 7) is 4.20. The van der Waals surface area contributed by atoms with Crippen LogP contribution in [0.15, 0.2) is 30.3 Å². The second kappa shape index (κ2) is 9.35. The van der Waals surface area contributed by atoms with E-state index in [4.69, 9.17) is 23.2 Å². The maximum Gasteiger partial charge on any atom is 0.267 e. The van der Waals surface area contributed by atoms with Crippen molar-refractivity contribution in [3.05, 3.63) is 63.0 Å². The largest absolute Gasteiger partial charge is 0.299 e. The summed E-state index contributed by atoms with van der Waals surface area (Å²) in [7, 11) is -3.77. The van der Waals surface area contributed by atoms with Gasteiger partial charge in [0.2, 0.25) is 10.0 Å². The summed E-state index contributed by atoms with van der Waals surface area (Å²) in [5.74, 6) is -1.71. The van der Waals surface area contributed by atoms with Gasteiger partial charge in [-0.15, -0.1) is 0 Å². The van der Waals surface area contributed by atoms with Crippen molar-refractivity contribution in [3.63, 3.8) is 0 Å². The van der Waals surface area contributed by atoms with Crippen LogP contribution in [0.1, 0.15) is 53.3 Å². The van der Waals surface area contributed by atoms with Gasteiger partial charge in [-0.25, -0.2) is 17.5 Å². The van der Waals surface area contributed by atoms with E-state index in [0.717, 1.165) is 38.0 Å². The molecule has 3 aromatic rings. The number of likely N-dealkylation sites (tertiary alicyclic amines) is 1. The number of hydrogen-bond donors (Lipinski definition) is 1. The molecular weight excluding hydrogens is 514 g/mol. The van der Waals surface area contributed by atoms with E-state index in [1.807, 2.05) is 21.5 Å². The number of halogens is 3. The molecule has 35 heavy (non-hydrogen) atoms. The lowest BCUT2D eigenvalue weighted by Crippen LogP contribution is -2.34. The number of aromatic nitrogens is 2. The Bertz CT molecular complexity index is 1390. The number of carbonyl (C=O) groups excluding carboxylic acids is 1. The van der Waals surface area contributed by atoms with E-state index in [0.29, 0.717) is 39.5 Å². The van der Waals surface area contributed by atoms with E-state index in [9.17, 15) is 17.6 Å². The Kier molecular flexibility index (Phi) is 6.54. The molecule has 2 heterocycles. The molecule has 2 aliphatic rings. The van der Waals surface area contributed by atoms with Crippen LogP contribution in [0.25, 0.3) is 10.9 Å². The summed E-state index contributed by atoms with van der Waals surface area (Å²) in [6.07, 6.45) is 2.69. The Morgan fingerprint density at radius 3 is 2.37 bits per heavy atom.